The Labute approximate surface area is 122 Å². The topological polar surface area (TPSA) is 59.1 Å². The number of nitrogens with zero attached hydrogens (tertiary/aromatic N) is 1. The molecule has 1 heterocycles. The molecule has 1 N–H and O–H groups in total. The number of anilines is 1. The van der Waals surface area contributed by atoms with Gasteiger partial charge in [0.05, 0.1) is 10.7 Å². The van der Waals surface area contributed by atoms with Crippen molar-refractivity contribution < 1.29 is 12.8 Å². The lowest BCUT2D eigenvalue weighted by Gasteiger charge is -2.10. The van der Waals surface area contributed by atoms with Crippen molar-refractivity contribution in [2.75, 3.05) is 4.72 Å². The summed E-state index contributed by atoms with van der Waals surface area (Å²) in [5.41, 5.74) is 0.239. The average Bonchev–Trinajstić information content (AvgIpc) is 2.35. The molecule has 8 heteroatoms. The third-order valence-corrected chi connectivity index (χ3v) is 4.67. The Morgan fingerprint density at radius 3 is 2.74 bits per heavy atom. The van der Waals surface area contributed by atoms with Crippen LogP contribution in [-0.4, -0.2) is 13.4 Å². The van der Waals surface area contributed by atoms with E-state index in [2.05, 4.69) is 25.6 Å². The number of benzene rings is 1. The van der Waals surface area contributed by atoms with Crippen LogP contribution in [0.1, 0.15) is 0 Å². The van der Waals surface area contributed by atoms with Crippen molar-refractivity contribution in [3.63, 3.8) is 0 Å². The van der Waals surface area contributed by atoms with E-state index < -0.39 is 15.8 Å². The van der Waals surface area contributed by atoms with E-state index in [0.29, 0.717) is 4.60 Å². The third kappa shape index (κ3) is 3.23. The van der Waals surface area contributed by atoms with Crippen molar-refractivity contribution in [1.29, 1.82) is 0 Å². The Balaban J connectivity index is 2.44. The molecule has 2 rings (SSSR count). The Morgan fingerprint density at radius 2 is 2.05 bits per heavy atom. The molecule has 100 valence electrons. The summed E-state index contributed by atoms with van der Waals surface area (Å²) in [6.45, 7) is 0. The molecule has 0 spiro atoms. The van der Waals surface area contributed by atoms with E-state index in [1.807, 2.05) is 0 Å². The number of pyridine rings is 1. The molecule has 4 nitrogen and oxygen atoms in total. The number of aromatic nitrogens is 1. The zero-order chi connectivity index (χ0) is 14.0. The highest BCUT2D eigenvalue weighted by Crippen LogP contribution is 2.26. The van der Waals surface area contributed by atoms with E-state index in [9.17, 15) is 12.8 Å². The number of sulfonamides is 1. The second-order valence-electron chi connectivity index (χ2n) is 3.52. The van der Waals surface area contributed by atoms with Crippen LogP contribution >= 0.6 is 27.5 Å². The Morgan fingerprint density at radius 1 is 1.32 bits per heavy atom. The second-order valence-corrected chi connectivity index (χ2v) is 6.33. The molecular formula is C11H7BrClFN2O2S. The molecule has 0 radical (unpaired) electrons. The minimum absolute atomic E-state index is 0.0612. The van der Waals surface area contributed by atoms with Crippen molar-refractivity contribution in [3.05, 3.63) is 52.0 Å². The highest BCUT2D eigenvalue weighted by Gasteiger charge is 2.20. The minimum atomic E-state index is -3.98. The highest BCUT2D eigenvalue weighted by molar-refractivity contribution is 9.10. The summed E-state index contributed by atoms with van der Waals surface area (Å²) < 4.78 is 40.0. The molecule has 0 bridgehead atoms. The van der Waals surface area contributed by atoms with E-state index in [4.69, 9.17) is 11.6 Å². The smallest absolute Gasteiger partial charge is 0.263 e. The summed E-state index contributed by atoms with van der Waals surface area (Å²) in [4.78, 5) is 3.55. The fourth-order valence-electron chi connectivity index (χ4n) is 1.35. The number of nitrogens with one attached hydrogen (secondary N) is 1. The summed E-state index contributed by atoms with van der Waals surface area (Å²) >= 11 is 8.88. The van der Waals surface area contributed by atoms with Crippen LogP contribution in [0.2, 0.25) is 5.02 Å². The predicted octanol–water partition coefficient (Wildman–Crippen LogP) is 3.44. The number of halogens is 3. The molecule has 0 saturated heterocycles. The molecule has 0 fully saturated rings. The first kappa shape index (κ1) is 14.2. The quantitative estimate of drug-likeness (QED) is 0.848. The Hall–Kier alpha value is -1.18. The maximum absolute atomic E-state index is 13.1. The van der Waals surface area contributed by atoms with E-state index in [1.54, 1.807) is 6.07 Å². The first-order valence-corrected chi connectivity index (χ1v) is 7.64. The van der Waals surface area contributed by atoms with Crippen LogP contribution in [0.25, 0.3) is 0 Å². The van der Waals surface area contributed by atoms with Gasteiger partial charge in [0.15, 0.2) is 0 Å². The summed E-state index contributed by atoms with van der Waals surface area (Å²) in [7, 11) is -3.98. The van der Waals surface area contributed by atoms with Crippen molar-refractivity contribution in [3.8, 4) is 0 Å². The largest absolute Gasteiger partial charge is 0.277 e. The van der Waals surface area contributed by atoms with Crippen LogP contribution in [0.5, 0.6) is 0 Å². The van der Waals surface area contributed by atoms with Gasteiger partial charge in [0.25, 0.3) is 10.0 Å². The molecule has 19 heavy (non-hydrogen) atoms. The zero-order valence-corrected chi connectivity index (χ0v) is 12.4. The van der Waals surface area contributed by atoms with Crippen LogP contribution in [0, 0.1) is 5.82 Å². The maximum atomic E-state index is 13.1. The van der Waals surface area contributed by atoms with Gasteiger partial charge in [0, 0.05) is 6.20 Å². The van der Waals surface area contributed by atoms with E-state index in [0.717, 1.165) is 12.1 Å². The Bertz CT molecular complexity index is 724. The molecule has 0 unspecified atom stereocenters. The van der Waals surface area contributed by atoms with Gasteiger partial charge in [-0.3, -0.25) is 4.72 Å². The van der Waals surface area contributed by atoms with Crippen molar-refractivity contribution in [2.45, 2.75) is 4.90 Å². The standard InChI is InChI=1S/C11H7BrClFN2O2S/c12-11-9(2-1-5-15-11)16-19(17,18)10-6-7(14)3-4-8(10)13/h1-6,16H. The molecule has 1 aromatic heterocycles. The fourth-order valence-corrected chi connectivity index (χ4v) is 3.40. The van der Waals surface area contributed by atoms with Crippen molar-refractivity contribution in [1.82, 2.24) is 4.98 Å². The van der Waals surface area contributed by atoms with Crippen LogP contribution in [-0.2, 0) is 10.0 Å². The molecule has 1 aromatic carbocycles. The lowest BCUT2D eigenvalue weighted by molar-refractivity contribution is 0.595. The molecule has 0 amide bonds. The van der Waals surface area contributed by atoms with Gasteiger partial charge in [-0.15, -0.1) is 0 Å². The third-order valence-electron chi connectivity index (χ3n) is 2.19. The predicted molar refractivity (Wildman–Crippen MR) is 74.2 cm³/mol. The van der Waals surface area contributed by atoms with Crippen LogP contribution in [0.3, 0.4) is 0 Å². The van der Waals surface area contributed by atoms with Gasteiger partial charge in [-0.1, -0.05) is 11.6 Å². The molecule has 0 atom stereocenters. The van der Waals surface area contributed by atoms with Crippen LogP contribution < -0.4 is 4.72 Å². The lowest BCUT2D eigenvalue weighted by atomic mass is 10.3. The molecule has 0 aliphatic carbocycles. The minimum Gasteiger partial charge on any atom is -0.277 e. The Kier molecular flexibility index (Phi) is 4.07. The van der Waals surface area contributed by atoms with Crippen LogP contribution in [0.4, 0.5) is 10.1 Å². The molecule has 2 aromatic rings. The van der Waals surface area contributed by atoms with E-state index >= 15 is 0 Å². The van der Waals surface area contributed by atoms with Crippen LogP contribution in [0.15, 0.2) is 46.0 Å². The maximum Gasteiger partial charge on any atom is 0.263 e. The van der Waals surface area contributed by atoms with Gasteiger partial charge in [0.2, 0.25) is 0 Å². The van der Waals surface area contributed by atoms with E-state index in [-0.39, 0.29) is 15.6 Å². The summed E-state index contributed by atoms with van der Waals surface area (Å²) in [6.07, 6.45) is 1.50. The second kappa shape index (κ2) is 5.44. The monoisotopic (exact) mass is 364 g/mol. The van der Waals surface area contributed by atoms with Gasteiger partial charge in [-0.25, -0.2) is 17.8 Å². The lowest BCUT2D eigenvalue weighted by Crippen LogP contribution is -2.14. The molecule has 0 aliphatic heterocycles. The van der Waals surface area contributed by atoms with Gasteiger partial charge < -0.3 is 0 Å². The normalized spacial score (nSPS) is 11.3. The molecular weight excluding hydrogens is 359 g/mol. The fraction of sp³-hybridized carbons (Fsp3) is 0. The first-order valence-electron chi connectivity index (χ1n) is 4.98. The number of rotatable bonds is 3. The van der Waals surface area contributed by atoms with E-state index in [1.165, 1.54) is 18.3 Å². The average molecular weight is 366 g/mol. The number of hydrogen-bond acceptors (Lipinski definition) is 3. The van der Waals surface area contributed by atoms with Crippen molar-refractivity contribution in [2.24, 2.45) is 0 Å². The van der Waals surface area contributed by atoms with Gasteiger partial charge >= 0.3 is 0 Å². The number of hydrogen-bond donors (Lipinski definition) is 1. The first-order chi connectivity index (χ1) is 8.90. The SMILES string of the molecule is O=S(=O)(Nc1cccnc1Br)c1cc(F)ccc1Cl. The summed E-state index contributed by atoms with van der Waals surface area (Å²) in [6, 6.07) is 6.21. The zero-order valence-electron chi connectivity index (χ0n) is 9.27. The van der Waals surface area contributed by atoms with Gasteiger partial charge in [-0.2, -0.15) is 0 Å². The van der Waals surface area contributed by atoms with Gasteiger partial charge in [-0.05, 0) is 46.3 Å². The highest BCUT2D eigenvalue weighted by atomic mass is 79.9. The summed E-state index contributed by atoms with van der Waals surface area (Å²) in [5.74, 6) is -0.685. The molecule has 0 saturated carbocycles. The summed E-state index contributed by atoms with van der Waals surface area (Å²) in [5, 5.41) is -0.0612. The van der Waals surface area contributed by atoms with Gasteiger partial charge in [0.1, 0.15) is 15.3 Å². The van der Waals surface area contributed by atoms with Crippen molar-refractivity contribution >= 4 is 43.2 Å². The molecule has 0 aliphatic rings.